The molecular formula is C17H20ClN9O6S3. The number of β-lactam (4-membered cyclic amide) rings is 1. The van der Waals surface area contributed by atoms with E-state index in [-0.39, 0.29) is 53.5 Å². The highest BCUT2D eigenvalue weighted by Crippen LogP contribution is 2.41. The van der Waals surface area contributed by atoms with Crippen molar-refractivity contribution in [3.8, 4) is 0 Å². The minimum absolute atomic E-state index is 0. The van der Waals surface area contributed by atoms with Gasteiger partial charge < -0.3 is 26.1 Å². The van der Waals surface area contributed by atoms with E-state index in [1.807, 2.05) is 0 Å². The van der Waals surface area contributed by atoms with E-state index in [1.54, 1.807) is 0 Å². The number of aliphatic carboxylic acids is 1. The van der Waals surface area contributed by atoms with Crippen molar-refractivity contribution in [2.45, 2.75) is 23.1 Å². The number of nitrogens with one attached hydrogen (secondary N) is 1. The maximum Gasteiger partial charge on any atom is 0.352 e. The number of carboxylic acids is 1. The standard InChI is InChI=1S/C17H19N9O6S3.ClH/c1-32-22-9(8-6-34-16(18)19-8)12(28)20-10-13(29)26-11(15(30)31)7(4-33-14(10)26)5-35-17-21-23-24-25(17)2-3-27;/h6,10,14,27H,2-5H2,1H3,(H2,18,19)(H,20,28)(H,30,31);1H/b22-9+;. The Labute approximate surface area is 221 Å². The summed E-state index contributed by atoms with van der Waals surface area (Å²) in [5.41, 5.74) is 6.05. The van der Waals surface area contributed by atoms with Gasteiger partial charge in [0.25, 0.3) is 11.8 Å². The molecule has 2 aliphatic heterocycles. The van der Waals surface area contributed by atoms with Crippen molar-refractivity contribution >= 4 is 75.9 Å². The van der Waals surface area contributed by atoms with Crippen LogP contribution in [0, 0.1) is 0 Å². The first-order chi connectivity index (χ1) is 16.8. The highest BCUT2D eigenvalue weighted by molar-refractivity contribution is 8.01. The molecule has 2 aliphatic rings. The van der Waals surface area contributed by atoms with Crippen LogP contribution >= 0.6 is 47.3 Å². The molecule has 2 amide bonds. The van der Waals surface area contributed by atoms with E-state index in [0.717, 1.165) is 11.3 Å². The fourth-order valence-electron chi connectivity index (χ4n) is 3.38. The van der Waals surface area contributed by atoms with Crippen LogP contribution in [-0.4, -0.2) is 100 Å². The number of fused-ring (bicyclic) bond motifs is 1. The Morgan fingerprint density at radius 1 is 1.44 bits per heavy atom. The lowest BCUT2D eigenvalue weighted by Crippen LogP contribution is -2.71. The monoisotopic (exact) mass is 577 g/mol. The molecule has 19 heteroatoms. The van der Waals surface area contributed by atoms with E-state index in [0.29, 0.717) is 16.5 Å². The van der Waals surface area contributed by atoms with Crippen molar-refractivity contribution in [3.63, 3.8) is 0 Å². The molecule has 0 radical (unpaired) electrons. The van der Waals surface area contributed by atoms with Gasteiger partial charge in [-0.15, -0.1) is 40.6 Å². The number of aromatic nitrogens is 5. The predicted octanol–water partition coefficient (Wildman–Crippen LogP) is -0.993. The molecular weight excluding hydrogens is 558 g/mol. The average Bonchev–Trinajstić information content (AvgIpc) is 3.47. The summed E-state index contributed by atoms with van der Waals surface area (Å²) < 4.78 is 1.40. The molecule has 4 rings (SSSR count). The molecule has 0 bridgehead atoms. The van der Waals surface area contributed by atoms with Gasteiger partial charge in [0.05, 0.1) is 13.2 Å². The van der Waals surface area contributed by atoms with Crippen LogP contribution < -0.4 is 11.1 Å². The molecule has 15 nitrogen and oxygen atoms in total. The van der Waals surface area contributed by atoms with E-state index in [2.05, 4.69) is 31.0 Å². The second-order valence-corrected chi connectivity index (χ2v) is 9.95. The second-order valence-electron chi connectivity index (χ2n) is 7.01. The largest absolute Gasteiger partial charge is 0.477 e. The summed E-state index contributed by atoms with van der Waals surface area (Å²) >= 11 is 3.64. The number of thioether (sulfide) groups is 2. The summed E-state index contributed by atoms with van der Waals surface area (Å²) in [4.78, 5) is 47.7. The van der Waals surface area contributed by atoms with Crippen LogP contribution in [0.1, 0.15) is 5.69 Å². The number of nitrogens with zero attached hydrogens (tertiary/aromatic N) is 7. The number of aliphatic hydroxyl groups is 1. The topological polar surface area (TPSA) is 211 Å². The van der Waals surface area contributed by atoms with Crippen LogP contribution in [0.25, 0.3) is 0 Å². The van der Waals surface area contributed by atoms with E-state index in [1.165, 1.54) is 45.6 Å². The molecule has 1 fully saturated rings. The molecule has 1 saturated heterocycles. The number of rotatable bonds is 10. The number of aliphatic hydroxyl groups excluding tert-OH is 1. The first-order valence-electron chi connectivity index (χ1n) is 9.88. The van der Waals surface area contributed by atoms with Gasteiger partial charge in [-0.3, -0.25) is 14.5 Å². The first kappa shape index (κ1) is 27.7. The molecule has 2 unspecified atom stereocenters. The first-order valence-corrected chi connectivity index (χ1v) is 12.8. The molecule has 194 valence electrons. The number of tetrazole rings is 1. The smallest absolute Gasteiger partial charge is 0.352 e. The lowest BCUT2D eigenvalue weighted by molar-refractivity contribution is -0.150. The summed E-state index contributed by atoms with van der Waals surface area (Å²) in [6.07, 6.45) is 0. The van der Waals surface area contributed by atoms with Crippen molar-refractivity contribution in [2.24, 2.45) is 5.16 Å². The highest BCUT2D eigenvalue weighted by atomic mass is 35.5. The maximum absolute atomic E-state index is 12.9. The Bertz CT molecular complexity index is 1220. The fraction of sp³-hybridized carbons (Fsp3) is 0.412. The van der Waals surface area contributed by atoms with Gasteiger partial charge in [0, 0.05) is 16.9 Å². The van der Waals surface area contributed by atoms with E-state index in [9.17, 15) is 19.5 Å². The molecule has 2 aromatic heterocycles. The van der Waals surface area contributed by atoms with Crippen molar-refractivity contribution in [3.05, 3.63) is 22.3 Å². The van der Waals surface area contributed by atoms with Crippen molar-refractivity contribution < 1.29 is 29.4 Å². The van der Waals surface area contributed by atoms with Gasteiger partial charge >= 0.3 is 5.97 Å². The summed E-state index contributed by atoms with van der Waals surface area (Å²) in [6, 6.07) is -0.953. The zero-order chi connectivity index (χ0) is 25.1. The Balaban J connectivity index is 0.00000361. The van der Waals surface area contributed by atoms with Gasteiger partial charge in [0.15, 0.2) is 10.8 Å². The number of nitrogens with two attached hydrogens (primary N) is 1. The van der Waals surface area contributed by atoms with Crippen LogP contribution in [0.3, 0.4) is 0 Å². The molecule has 2 aromatic rings. The third-order valence-electron chi connectivity index (χ3n) is 4.88. The van der Waals surface area contributed by atoms with Crippen molar-refractivity contribution in [1.29, 1.82) is 0 Å². The Kier molecular flexibility index (Phi) is 9.12. The van der Waals surface area contributed by atoms with Gasteiger partial charge in [-0.2, -0.15) is 0 Å². The third-order valence-corrected chi connectivity index (χ3v) is 7.94. The summed E-state index contributed by atoms with van der Waals surface area (Å²) in [5, 5.41) is 38.0. The number of thiazole rings is 1. The van der Waals surface area contributed by atoms with Gasteiger partial charge in [-0.1, -0.05) is 16.9 Å². The van der Waals surface area contributed by atoms with Gasteiger partial charge in [-0.05, 0) is 16.0 Å². The second kappa shape index (κ2) is 11.9. The Morgan fingerprint density at radius 3 is 2.86 bits per heavy atom. The number of carboxylic acid groups (broad SMARTS) is 1. The van der Waals surface area contributed by atoms with Crippen LogP contribution in [-0.2, 0) is 25.8 Å². The SMILES string of the molecule is CO/N=C(/C(=O)NC1C(=O)N2C(C(=O)O)=C(CSc3nnnn3CCO)CSC12)c1csc(N)n1.Cl. The lowest BCUT2D eigenvalue weighted by Gasteiger charge is -2.49. The molecule has 5 N–H and O–H groups in total. The number of carbonyl (C=O) groups excluding carboxylic acids is 2. The number of anilines is 1. The zero-order valence-electron chi connectivity index (χ0n) is 18.4. The summed E-state index contributed by atoms with van der Waals surface area (Å²) in [5.74, 6) is -1.97. The maximum atomic E-state index is 12.9. The van der Waals surface area contributed by atoms with E-state index < -0.39 is 29.2 Å². The normalized spacial score (nSPS) is 19.3. The Morgan fingerprint density at radius 2 is 2.22 bits per heavy atom. The minimum Gasteiger partial charge on any atom is -0.477 e. The third kappa shape index (κ3) is 5.41. The fourth-order valence-corrected chi connectivity index (χ4v) is 6.32. The number of hydrogen-bond donors (Lipinski definition) is 4. The zero-order valence-corrected chi connectivity index (χ0v) is 21.7. The van der Waals surface area contributed by atoms with Gasteiger partial charge in [-0.25, -0.2) is 14.5 Å². The lowest BCUT2D eigenvalue weighted by atomic mass is 10.0. The molecule has 0 spiro atoms. The van der Waals surface area contributed by atoms with Crippen molar-refractivity contribution in [2.75, 3.05) is 31.0 Å². The number of carbonyl (C=O) groups is 3. The van der Waals surface area contributed by atoms with E-state index in [4.69, 9.17) is 15.7 Å². The molecule has 36 heavy (non-hydrogen) atoms. The number of hydrogen-bond acceptors (Lipinski definition) is 14. The van der Waals surface area contributed by atoms with Crippen LogP contribution in [0.4, 0.5) is 5.13 Å². The summed E-state index contributed by atoms with van der Waals surface area (Å²) in [6.45, 7) is 0.0477. The predicted molar refractivity (Wildman–Crippen MR) is 133 cm³/mol. The highest BCUT2D eigenvalue weighted by Gasteiger charge is 2.54. The average molecular weight is 578 g/mol. The minimum atomic E-state index is -1.25. The van der Waals surface area contributed by atoms with Crippen LogP contribution in [0.5, 0.6) is 0 Å². The number of nitrogen functional groups attached to an aromatic ring is 1. The quantitative estimate of drug-likeness (QED) is 0.116. The van der Waals surface area contributed by atoms with Crippen LogP contribution in [0.2, 0.25) is 0 Å². The Hall–Kier alpha value is -2.93. The molecule has 4 heterocycles. The van der Waals surface area contributed by atoms with Gasteiger partial charge in [0.2, 0.25) is 5.16 Å². The number of oxime groups is 1. The molecule has 0 aromatic carbocycles. The summed E-state index contributed by atoms with van der Waals surface area (Å²) in [7, 11) is 1.27. The molecule has 0 saturated carbocycles. The van der Waals surface area contributed by atoms with Gasteiger partial charge in [0.1, 0.15) is 29.9 Å². The number of amides is 2. The van der Waals surface area contributed by atoms with E-state index >= 15 is 0 Å². The van der Waals surface area contributed by atoms with Crippen LogP contribution in [0.15, 0.2) is 27.0 Å². The molecule has 0 aliphatic carbocycles. The number of halogens is 1. The molecule has 2 atom stereocenters. The van der Waals surface area contributed by atoms with Crippen molar-refractivity contribution in [1.82, 2.24) is 35.4 Å².